The van der Waals surface area contributed by atoms with E-state index in [0.29, 0.717) is 6.42 Å². The molecule has 0 radical (unpaired) electrons. The van der Waals surface area contributed by atoms with Gasteiger partial charge in [-0.2, -0.15) is 0 Å². The van der Waals surface area contributed by atoms with Crippen LogP contribution in [0.15, 0.2) is 119 Å². The molecule has 0 aromatic heterocycles. The lowest BCUT2D eigenvalue weighted by Crippen LogP contribution is -2.65. The maximum atomic E-state index is 11.4. The Morgan fingerprint density at radius 1 is 0.636 bits per heavy atom. The van der Waals surface area contributed by atoms with Crippen molar-refractivity contribution < 1.29 is 20.4 Å². The molecule has 0 saturated heterocycles. The third-order valence-electron chi connectivity index (χ3n) is 9.07. The van der Waals surface area contributed by atoms with Crippen molar-refractivity contribution in [3.63, 3.8) is 0 Å². The van der Waals surface area contributed by atoms with Crippen molar-refractivity contribution in [2.45, 2.75) is 118 Å². The van der Waals surface area contributed by atoms with Crippen LogP contribution in [-0.4, -0.2) is 43.8 Å². The van der Waals surface area contributed by atoms with E-state index in [-0.39, 0.29) is 17.9 Å². The molecule has 0 unspecified atom stereocenters. The van der Waals surface area contributed by atoms with E-state index >= 15 is 0 Å². The fourth-order valence-corrected chi connectivity index (χ4v) is 6.55. The highest BCUT2D eigenvalue weighted by Gasteiger charge is 2.58. The second-order valence-electron chi connectivity index (χ2n) is 14.5. The number of rotatable bonds is 10. The molecule has 0 spiro atoms. The molecule has 2 aliphatic carbocycles. The second-order valence-corrected chi connectivity index (χ2v) is 14.5. The van der Waals surface area contributed by atoms with E-state index in [1.165, 1.54) is 16.7 Å². The van der Waals surface area contributed by atoms with Crippen molar-refractivity contribution >= 4 is 0 Å². The lowest BCUT2D eigenvalue weighted by molar-refractivity contribution is -0.216. The molecule has 2 rings (SSSR count). The number of hydrogen-bond donors (Lipinski definition) is 4. The predicted molar refractivity (Wildman–Crippen MR) is 187 cm³/mol. The van der Waals surface area contributed by atoms with Gasteiger partial charge >= 0.3 is 0 Å². The van der Waals surface area contributed by atoms with Crippen molar-refractivity contribution in [2.75, 3.05) is 0 Å². The van der Waals surface area contributed by atoms with Crippen molar-refractivity contribution in [3.8, 4) is 0 Å². The van der Waals surface area contributed by atoms with Gasteiger partial charge in [0.05, 0.1) is 17.8 Å². The first kappa shape index (κ1) is 37.4. The molecule has 0 aliphatic heterocycles. The molecule has 0 heterocycles. The van der Waals surface area contributed by atoms with Gasteiger partial charge in [-0.15, -0.1) is 0 Å². The van der Waals surface area contributed by atoms with Gasteiger partial charge < -0.3 is 20.4 Å². The zero-order chi connectivity index (χ0) is 33.3. The van der Waals surface area contributed by atoms with Crippen LogP contribution in [0.3, 0.4) is 0 Å². The molecule has 4 heteroatoms. The standard InChI is InChI=1S/C40H58O4/c1-29(17-13-19-31(3)21-22-36-33(5)25-34(41)26-37(36,6)7)15-11-12-16-30(2)18-14-20-32(4)23-24-40(44)38(8,9)27-35(42)28-39(40,10)43/h11-24,34-35,41-44H,25-28H2,1-10H3/b12-11+,17-13+,18-14+,22-21+,24-23+,29-15+,30-16-,31-19+,32-20+/t34-,35+,39+,40+/m1/s1. The largest absolute Gasteiger partial charge is 0.393 e. The summed E-state index contributed by atoms with van der Waals surface area (Å²) in [6, 6.07) is 0. The van der Waals surface area contributed by atoms with Crippen molar-refractivity contribution in [2.24, 2.45) is 10.8 Å². The van der Waals surface area contributed by atoms with Gasteiger partial charge in [-0.1, -0.05) is 135 Å². The third kappa shape index (κ3) is 10.4. The first-order valence-corrected chi connectivity index (χ1v) is 15.9. The fourth-order valence-electron chi connectivity index (χ4n) is 6.55. The van der Waals surface area contributed by atoms with Gasteiger partial charge in [0.2, 0.25) is 0 Å². The van der Waals surface area contributed by atoms with Gasteiger partial charge in [0, 0.05) is 11.8 Å². The van der Waals surface area contributed by atoms with Gasteiger partial charge in [-0.05, 0) is 77.9 Å². The summed E-state index contributed by atoms with van der Waals surface area (Å²) in [4.78, 5) is 0. The number of aliphatic hydroxyl groups is 4. The Morgan fingerprint density at radius 2 is 1.11 bits per heavy atom. The molecule has 4 atom stereocenters. The predicted octanol–water partition coefficient (Wildman–Crippen LogP) is 8.71. The van der Waals surface area contributed by atoms with Crippen LogP contribution < -0.4 is 0 Å². The quantitative estimate of drug-likeness (QED) is 0.189. The third-order valence-corrected chi connectivity index (χ3v) is 9.07. The second kappa shape index (κ2) is 15.5. The maximum absolute atomic E-state index is 11.4. The molecule has 0 aromatic carbocycles. The highest BCUT2D eigenvalue weighted by molar-refractivity contribution is 5.38. The number of hydrogen-bond acceptors (Lipinski definition) is 4. The van der Waals surface area contributed by atoms with Gasteiger partial charge in [-0.25, -0.2) is 0 Å². The van der Waals surface area contributed by atoms with Gasteiger partial charge in [-0.3, -0.25) is 0 Å². The molecule has 2 aliphatic rings. The molecule has 44 heavy (non-hydrogen) atoms. The van der Waals surface area contributed by atoms with Gasteiger partial charge in [0.25, 0.3) is 0 Å². The minimum atomic E-state index is -1.44. The van der Waals surface area contributed by atoms with E-state index in [1.54, 1.807) is 13.0 Å². The normalized spacial score (nSPS) is 31.1. The highest BCUT2D eigenvalue weighted by Crippen LogP contribution is 2.50. The number of aliphatic hydroxyl groups excluding tert-OH is 2. The van der Waals surface area contributed by atoms with Crippen LogP contribution in [0.5, 0.6) is 0 Å². The first-order valence-electron chi connectivity index (χ1n) is 15.9. The van der Waals surface area contributed by atoms with Crippen molar-refractivity contribution in [1.82, 2.24) is 0 Å². The Kier molecular flexibility index (Phi) is 13.2. The average molecular weight is 603 g/mol. The summed E-state index contributed by atoms with van der Waals surface area (Å²) in [6.45, 7) is 20.1. The molecular formula is C40H58O4. The van der Waals surface area contributed by atoms with Crippen molar-refractivity contribution in [3.05, 3.63) is 119 Å². The lowest BCUT2D eigenvalue weighted by atomic mass is 9.57. The molecule has 4 nitrogen and oxygen atoms in total. The first-order chi connectivity index (χ1) is 20.3. The minimum absolute atomic E-state index is 0.0115. The SMILES string of the molecule is CC1=C(/C=C/C(C)=C/C=C/C(C)=C/C=C/C=C(C)\C=C\C=C(C)\C=C\[C@]2(O)C(C)(C)C[C@H](O)C[C@]2(C)O)C(C)(C)C[C@H](O)C1. The van der Waals surface area contributed by atoms with Gasteiger partial charge in [0.15, 0.2) is 0 Å². The van der Waals surface area contributed by atoms with Gasteiger partial charge in [0.1, 0.15) is 5.60 Å². The van der Waals surface area contributed by atoms with E-state index < -0.39 is 22.7 Å². The van der Waals surface area contributed by atoms with Crippen LogP contribution in [-0.2, 0) is 0 Å². The Bertz CT molecular complexity index is 1300. The molecule has 0 aromatic rings. The summed E-state index contributed by atoms with van der Waals surface area (Å²) >= 11 is 0. The summed E-state index contributed by atoms with van der Waals surface area (Å²) in [5, 5.41) is 42.6. The minimum Gasteiger partial charge on any atom is -0.393 e. The Balaban J connectivity index is 1.94. The number of allylic oxidation sites excluding steroid dienone is 18. The smallest absolute Gasteiger partial charge is 0.117 e. The van der Waals surface area contributed by atoms with Crippen LogP contribution in [0.4, 0.5) is 0 Å². The molecule has 0 bridgehead atoms. The Morgan fingerprint density at radius 3 is 1.61 bits per heavy atom. The summed E-state index contributed by atoms with van der Waals surface area (Å²) in [7, 11) is 0. The molecule has 4 N–H and O–H groups in total. The van der Waals surface area contributed by atoms with Crippen LogP contribution in [0, 0.1) is 10.8 Å². The summed E-state index contributed by atoms with van der Waals surface area (Å²) in [5.74, 6) is 0. The van der Waals surface area contributed by atoms with E-state index in [2.05, 4.69) is 77.2 Å². The molecule has 242 valence electrons. The van der Waals surface area contributed by atoms with Crippen molar-refractivity contribution in [1.29, 1.82) is 0 Å². The Hall–Kier alpha value is -2.76. The van der Waals surface area contributed by atoms with Crippen LogP contribution in [0.25, 0.3) is 0 Å². The maximum Gasteiger partial charge on any atom is 0.117 e. The van der Waals surface area contributed by atoms with E-state index in [4.69, 9.17) is 0 Å². The lowest BCUT2D eigenvalue weighted by Gasteiger charge is -2.54. The molecule has 1 saturated carbocycles. The van der Waals surface area contributed by atoms with Crippen LogP contribution >= 0.6 is 0 Å². The highest BCUT2D eigenvalue weighted by atomic mass is 16.4. The monoisotopic (exact) mass is 602 g/mol. The summed E-state index contributed by atoms with van der Waals surface area (Å²) < 4.78 is 0. The van der Waals surface area contributed by atoms with E-state index in [9.17, 15) is 20.4 Å². The Labute approximate surface area is 267 Å². The van der Waals surface area contributed by atoms with E-state index in [0.717, 1.165) is 29.6 Å². The van der Waals surface area contributed by atoms with Crippen LogP contribution in [0.1, 0.15) is 94.9 Å². The molecular weight excluding hydrogens is 544 g/mol. The summed E-state index contributed by atoms with van der Waals surface area (Å²) in [5.41, 5.74) is 3.44. The molecule has 1 fully saturated rings. The zero-order valence-electron chi connectivity index (χ0n) is 28.9. The topological polar surface area (TPSA) is 80.9 Å². The van der Waals surface area contributed by atoms with Crippen LogP contribution in [0.2, 0.25) is 0 Å². The van der Waals surface area contributed by atoms with E-state index in [1.807, 2.05) is 64.2 Å². The summed E-state index contributed by atoms with van der Waals surface area (Å²) in [6.07, 6.45) is 29.6. The fraction of sp³-hybridized carbons (Fsp3) is 0.500. The zero-order valence-corrected chi connectivity index (χ0v) is 28.9. The average Bonchev–Trinajstić information content (AvgIpc) is 2.87. The molecule has 0 amide bonds.